The van der Waals surface area contributed by atoms with Crippen LogP contribution in [0.1, 0.15) is 52.4 Å². The van der Waals surface area contributed by atoms with E-state index < -0.39 is 0 Å². The molecular formula is C12H26N2O2. The van der Waals surface area contributed by atoms with E-state index in [1.165, 1.54) is 52.4 Å². The van der Waals surface area contributed by atoms with Crippen molar-refractivity contribution in [1.29, 1.82) is 0 Å². The van der Waals surface area contributed by atoms with Gasteiger partial charge in [0.2, 0.25) is 6.41 Å². The summed E-state index contributed by atoms with van der Waals surface area (Å²) in [5.74, 6) is 0.167. The third-order valence-electron chi connectivity index (χ3n) is 1.87. The molecule has 96 valence electrons. The molecule has 0 atom stereocenters. The lowest BCUT2D eigenvalue weighted by Gasteiger charge is -2.05. The predicted octanol–water partition coefficient (Wildman–Crippen LogP) is 1.63. The van der Waals surface area contributed by atoms with Crippen molar-refractivity contribution in [1.82, 2.24) is 5.32 Å². The largest absolute Gasteiger partial charge is 0.357 e. The fourth-order valence-electron chi connectivity index (χ4n) is 1.20. The summed E-state index contributed by atoms with van der Waals surface area (Å²) in [4.78, 5) is 18.8. The summed E-state index contributed by atoms with van der Waals surface area (Å²) in [6.07, 6.45) is 9.63. The van der Waals surface area contributed by atoms with Crippen LogP contribution in [0.5, 0.6) is 0 Å². The molecule has 4 nitrogen and oxygen atoms in total. The van der Waals surface area contributed by atoms with Crippen molar-refractivity contribution in [2.24, 2.45) is 5.73 Å². The lowest BCUT2D eigenvalue weighted by atomic mass is 10.0. The van der Waals surface area contributed by atoms with Crippen LogP contribution in [0.15, 0.2) is 0 Å². The highest BCUT2D eigenvalue weighted by atomic mass is 16.1. The molecule has 0 unspecified atom stereocenters. The summed E-state index contributed by atoms with van der Waals surface area (Å²) in [6.45, 7) is 4.14. The first-order valence-electron chi connectivity index (χ1n) is 5.99. The van der Waals surface area contributed by atoms with Crippen LogP contribution in [0, 0.1) is 0 Å². The van der Waals surface area contributed by atoms with Crippen molar-refractivity contribution in [2.45, 2.75) is 52.4 Å². The molecule has 16 heavy (non-hydrogen) atoms. The van der Waals surface area contributed by atoms with E-state index in [4.69, 9.17) is 5.73 Å². The van der Waals surface area contributed by atoms with E-state index in [1.807, 2.05) is 0 Å². The van der Waals surface area contributed by atoms with Gasteiger partial charge in [0.25, 0.3) is 0 Å². The van der Waals surface area contributed by atoms with Crippen LogP contribution in [0.4, 0.5) is 0 Å². The van der Waals surface area contributed by atoms with Crippen LogP contribution in [0.25, 0.3) is 0 Å². The summed E-state index contributed by atoms with van der Waals surface area (Å²) >= 11 is 0. The minimum atomic E-state index is 0.167. The topological polar surface area (TPSA) is 72.2 Å². The number of nitrogens with two attached hydrogens (primary N) is 1. The minimum absolute atomic E-state index is 0.167. The van der Waals surface area contributed by atoms with E-state index in [-0.39, 0.29) is 5.78 Å². The number of rotatable bonds is 3. The zero-order chi connectivity index (χ0) is 12.6. The number of hydrogen-bond donors (Lipinski definition) is 2. The monoisotopic (exact) mass is 230 g/mol. The van der Waals surface area contributed by atoms with Gasteiger partial charge in [0, 0.05) is 13.1 Å². The third-order valence-corrected chi connectivity index (χ3v) is 1.87. The normalized spacial score (nSPS) is 13.4. The lowest BCUT2D eigenvalue weighted by molar-refractivity contribution is -0.115. The zero-order valence-corrected chi connectivity index (χ0v) is 10.6. The molecule has 3 N–H and O–H groups in total. The van der Waals surface area contributed by atoms with Gasteiger partial charge in [0.15, 0.2) is 0 Å². The molecule has 1 amide bonds. The van der Waals surface area contributed by atoms with Gasteiger partial charge in [-0.05, 0) is 13.8 Å². The molecule has 0 saturated heterocycles. The molecule has 0 bridgehead atoms. The first kappa shape index (κ1) is 17.5. The number of carbonyl (C=O) groups excluding carboxylic acids is 2. The molecule has 0 aliphatic heterocycles. The average Bonchev–Trinajstić information content (AvgIpc) is 2.29. The molecule has 0 spiro atoms. The highest BCUT2D eigenvalue weighted by Crippen LogP contribution is 2.15. The molecule has 0 heterocycles. The minimum Gasteiger partial charge on any atom is -0.357 e. The average molecular weight is 230 g/mol. The fraction of sp³-hybridized carbons (Fsp3) is 0.833. The maximum absolute atomic E-state index is 9.44. The van der Waals surface area contributed by atoms with Gasteiger partial charge in [0.05, 0.1) is 0 Å². The second-order valence-corrected chi connectivity index (χ2v) is 3.89. The van der Waals surface area contributed by atoms with Crippen molar-refractivity contribution in [3.8, 4) is 0 Å². The van der Waals surface area contributed by atoms with E-state index in [2.05, 4.69) is 5.32 Å². The third kappa shape index (κ3) is 29.2. The lowest BCUT2D eigenvalue weighted by Crippen LogP contribution is -2.20. The summed E-state index contributed by atoms with van der Waals surface area (Å²) in [5, 5.41) is 2.39. The number of amides is 1. The Labute approximate surface area is 99.0 Å². The Kier molecular flexibility index (Phi) is 18.1. The van der Waals surface area contributed by atoms with Crippen LogP contribution in [0.3, 0.4) is 0 Å². The zero-order valence-electron chi connectivity index (χ0n) is 10.6. The van der Waals surface area contributed by atoms with Crippen molar-refractivity contribution < 1.29 is 9.59 Å². The Morgan fingerprint density at radius 3 is 1.56 bits per heavy atom. The SMILES string of the molecule is C1CCCCC1.CC(C)=O.NCCNC=O. The van der Waals surface area contributed by atoms with Gasteiger partial charge in [-0.25, -0.2) is 0 Å². The molecule has 0 radical (unpaired) electrons. The summed E-state index contributed by atoms with van der Waals surface area (Å²) in [7, 11) is 0. The van der Waals surface area contributed by atoms with Gasteiger partial charge < -0.3 is 15.8 Å². The smallest absolute Gasteiger partial charge is 0.207 e. The van der Waals surface area contributed by atoms with Crippen LogP contribution >= 0.6 is 0 Å². The van der Waals surface area contributed by atoms with Gasteiger partial charge >= 0.3 is 0 Å². The molecule has 1 saturated carbocycles. The van der Waals surface area contributed by atoms with E-state index in [0.29, 0.717) is 19.5 Å². The molecule has 0 aromatic heterocycles. The van der Waals surface area contributed by atoms with E-state index in [0.717, 1.165) is 0 Å². The van der Waals surface area contributed by atoms with Gasteiger partial charge in [-0.3, -0.25) is 4.79 Å². The predicted molar refractivity (Wildman–Crippen MR) is 67.2 cm³/mol. The van der Waals surface area contributed by atoms with Gasteiger partial charge in [-0.2, -0.15) is 0 Å². The first-order chi connectivity index (χ1) is 7.65. The van der Waals surface area contributed by atoms with Crippen LogP contribution < -0.4 is 11.1 Å². The number of ketones is 1. The van der Waals surface area contributed by atoms with E-state index in [9.17, 15) is 9.59 Å². The van der Waals surface area contributed by atoms with Crippen LogP contribution in [-0.2, 0) is 9.59 Å². The first-order valence-corrected chi connectivity index (χ1v) is 5.99. The second kappa shape index (κ2) is 16.5. The Balaban J connectivity index is 0. The van der Waals surface area contributed by atoms with Gasteiger partial charge in [-0.1, -0.05) is 38.5 Å². The van der Waals surface area contributed by atoms with Gasteiger partial charge in [0.1, 0.15) is 5.78 Å². The standard InChI is InChI=1S/C6H12.C3H8N2O.C3H6O/c1-2-4-6-5-3-1;4-1-2-5-3-6;1-3(2)4/h1-6H2;3H,1-2,4H2,(H,5,6);1-2H3. The summed E-state index contributed by atoms with van der Waals surface area (Å²) in [5.41, 5.74) is 4.99. The maximum Gasteiger partial charge on any atom is 0.207 e. The van der Waals surface area contributed by atoms with Crippen molar-refractivity contribution in [2.75, 3.05) is 13.1 Å². The Hall–Kier alpha value is -0.900. The molecule has 0 aromatic rings. The quantitative estimate of drug-likeness (QED) is 0.571. The van der Waals surface area contributed by atoms with Gasteiger partial charge in [-0.15, -0.1) is 0 Å². The molecule has 4 heteroatoms. The Morgan fingerprint density at radius 1 is 1.12 bits per heavy atom. The fourth-order valence-corrected chi connectivity index (χ4v) is 1.20. The Bertz CT molecular complexity index is 142. The molecular weight excluding hydrogens is 204 g/mol. The molecule has 1 aliphatic carbocycles. The second-order valence-electron chi connectivity index (χ2n) is 3.89. The molecule has 1 rings (SSSR count). The van der Waals surface area contributed by atoms with Crippen molar-refractivity contribution in [3.63, 3.8) is 0 Å². The van der Waals surface area contributed by atoms with Crippen molar-refractivity contribution in [3.05, 3.63) is 0 Å². The highest BCUT2D eigenvalue weighted by Gasteiger charge is 1.95. The van der Waals surface area contributed by atoms with E-state index in [1.54, 1.807) is 0 Å². The van der Waals surface area contributed by atoms with E-state index >= 15 is 0 Å². The maximum atomic E-state index is 9.44. The summed E-state index contributed by atoms with van der Waals surface area (Å²) < 4.78 is 0. The summed E-state index contributed by atoms with van der Waals surface area (Å²) in [6, 6.07) is 0. The van der Waals surface area contributed by atoms with Crippen LogP contribution in [-0.4, -0.2) is 25.3 Å². The highest BCUT2D eigenvalue weighted by molar-refractivity contribution is 5.72. The molecule has 1 fully saturated rings. The number of carbonyl (C=O) groups is 2. The van der Waals surface area contributed by atoms with Crippen molar-refractivity contribution >= 4 is 12.2 Å². The van der Waals surface area contributed by atoms with Crippen LogP contribution in [0.2, 0.25) is 0 Å². The molecule has 0 aromatic carbocycles. The number of nitrogens with one attached hydrogen (secondary N) is 1. The number of Topliss-reactive ketones (excluding diaryl/α,β-unsaturated/α-hetero) is 1. The number of hydrogen-bond acceptors (Lipinski definition) is 3. The Morgan fingerprint density at radius 2 is 1.44 bits per heavy atom. The molecule has 1 aliphatic rings.